The lowest BCUT2D eigenvalue weighted by Crippen LogP contribution is -2.40. The number of imide groups is 1. The lowest BCUT2D eigenvalue weighted by molar-refractivity contribution is -0.131. The molecular formula is C20H15ClFN3O2S. The summed E-state index contributed by atoms with van der Waals surface area (Å²) in [6.45, 7) is 1.65. The summed E-state index contributed by atoms with van der Waals surface area (Å²) in [5, 5.41) is 5.80. The van der Waals surface area contributed by atoms with Gasteiger partial charge in [0, 0.05) is 10.9 Å². The molecule has 0 aliphatic carbocycles. The number of carbonyl (C=O) groups excluding carboxylic acids is 2. The van der Waals surface area contributed by atoms with Crippen LogP contribution >= 0.6 is 22.9 Å². The van der Waals surface area contributed by atoms with E-state index >= 15 is 0 Å². The number of amides is 3. The van der Waals surface area contributed by atoms with Crippen LogP contribution in [0.4, 0.5) is 9.18 Å². The van der Waals surface area contributed by atoms with E-state index in [2.05, 4.69) is 10.3 Å². The highest BCUT2D eigenvalue weighted by Gasteiger charge is 2.49. The quantitative estimate of drug-likeness (QED) is 0.635. The van der Waals surface area contributed by atoms with Crippen molar-refractivity contribution in [1.82, 2.24) is 15.2 Å². The number of urea groups is 1. The third kappa shape index (κ3) is 3.16. The van der Waals surface area contributed by atoms with E-state index in [0.717, 1.165) is 10.5 Å². The molecule has 0 unspecified atom stereocenters. The molecule has 1 aliphatic rings. The van der Waals surface area contributed by atoms with E-state index in [4.69, 9.17) is 11.6 Å². The van der Waals surface area contributed by atoms with E-state index in [1.807, 2.05) is 18.2 Å². The van der Waals surface area contributed by atoms with Crippen LogP contribution in [-0.2, 0) is 16.9 Å². The predicted octanol–water partition coefficient (Wildman–Crippen LogP) is 4.57. The summed E-state index contributed by atoms with van der Waals surface area (Å²) in [5.74, 6) is -0.813. The van der Waals surface area contributed by atoms with Gasteiger partial charge in [-0.1, -0.05) is 41.9 Å². The smallest absolute Gasteiger partial charge is 0.319 e. The maximum atomic E-state index is 13.2. The third-order valence-electron chi connectivity index (χ3n) is 4.67. The van der Waals surface area contributed by atoms with Gasteiger partial charge in [-0.05, 0) is 30.7 Å². The Kier molecular flexibility index (Phi) is 4.64. The van der Waals surface area contributed by atoms with Gasteiger partial charge < -0.3 is 5.32 Å². The number of hydrogen-bond donors (Lipinski definition) is 1. The molecule has 0 saturated carbocycles. The Morgan fingerprint density at radius 3 is 2.61 bits per heavy atom. The SMILES string of the molecule is C[C@@]1(c2ccc(F)cc2)NC(=O)N(Cc2csc(-c3ccccc3Cl)n2)C1=O. The molecular weight excluding hydrogens is 401 g/mol. The van der Waals surface area contributed by atoms with Crippen molar-refractivity contribution in [2.45, 2.75) is 19.0 Å². The first-order valence-corrected chi connectivity index (χ1v) is 9.74. The predicted molar refractivity (Wildman–Crippen MR) is 105 cm³/mol. The average Bonchev–Trinajstić information content (AvgIpc) is 3.22. The third-order valence-corrected chi connectivity index (χ3v) is 5.93. The largest absolute Gasteiger partial charge is 0.325 e. The van der Waals surface area contributed by atoms with Crippen LogP contribution in [0.5, 0.6) is 0 Å². The Bertz CT molecular complexity index is 1070. The van der Waals surface area contributed by atoms with Gasteiger partial charge in [0.15, 0.2) is 0 Å². The number of carbonyl (C=O) groups is 2. The highest BCUT2D eigenvalue weighted by Crippen LogP contribution is 2.32. The second-order valence-corrected chi connectivity index (χ2v) is 7.84. The summed E-state index contributed by atoms with van der Waals surface area (Å²) in [5.41, 5.74) is 0.664. The number of aromatic nitrogens is 1. The summed E-state index contributed by atoms with van der Waals surface area (Å²) in [6, 6.07) is 12.4. The fraction of sp³-hybridized carbons (Fsp3) is 0.150. The minimum atomic E-state index is -1.24. The van der Waals surface area contributed by atoms with Crippen LogP contribution in [-0.4, -0.2) is 21.8 Å². The Hall–Kier alpha value is -2.77. The number of rotatable bonds is 4. The van der Waals surface area contributed by atoms with Crippen LogP contribution in [0, 0.1) is 5.82 Å². The maximum Gasteiger partial charge on any atom is 0.325 e. The minimum Gasteiger partial charge on any atom is -0.319 e. The summed E-state index contributed by atoms with van der Waals surface area (Å²) >= 11 is 7.61. The molecule has 2 aromatic carbocycles. The minimum absolute atomic E-state index is 0.0441. The zero-order valence-electron chi connectivity index (χ0n) is 14.8. The molecule has 8 heteroatoms. The van der Waals surface area contributed by atoms with Crippen molar-refractivity contribution in [3.8, 4) is 10.6 Å². The number of thiazole rings is 1. The van der Waals surface area contributed by atoms with E-state index in [0.29, 0.717) is 21.3 Å². The van der Waals surface area contributed by atoms with E-state index in [9.17, 15) is 14.0 Å². The summed E-state index contributed by atoms with van der Waals surface area (Å²) in [4.78, 5) is 31.0. The molecule has 3 amide bonds. The zero-order valence-corrected chi connectivity index (χ0v) is 16.4. The second-order valence-electron chi connectivity index (χ2n) is 6.58. The number of nitrogens with zero attached hydrogens (tertiary/aromatic N) is 2. The Morgan fingerprint density at radius 2 is 1.89 bits per heavy atom. The van der Waals surface area contributed by atoms with Gasteiger partial charge in [-0.3, -0.25) is 9.69 Å². The van der Waals surface area contributed by atoms with Crippen molar-refractivity contribution in [3.05, 3.63) is 76.0 Å². The first-order valence-electron chi connectivity index (χ1n) is 8.48. The van der Waals surface area contributed by atoms with E-state index in [1.54, 1.807) is 18.4 Å². The van der Waals surface area contributed by atoms with Gasteiger partial charge in [0.25, 0.3) is 5.91 Å². The number of benzene rings is 2. The lowest BCUT2D eigenvalue weighted by atomic mass is 9.92. The van der Waals surface area contributed by atoms with Crippen molar-refractivity contribution >= 4 is 34.9 Å². The summed E-state index contributed by atoms with van der Waals surface area (Å²) in [7, 11) is 0. The summed E-state index contributed by atoms with van der Waals surface area (Å²) in [6.07, 6.45) is 0. The van der Waals surface area contributed by atoms with Crippen LogP contribution in [0.25, 0.3) is 10.6 Å². The first kappa shape index (κ1) is 18.6. The van der Waals surface area contributed by atoms with Crippen molar-refractivity contribution in [1.29, 1.82) is 0 Å². The normalized spacial score (nSPS) is 19.2. The molecule has 1 aromatic heterocycles. The summed E-state index contributed by atoms with van der Waals surface area (Å²) < 4.78 is 13.2. The average molecular weight is 416 g/mol. The zero-order chi connectivity index (χ0) is 19.9. The van der Waals surface area contributed by atoms with Gasteiger partial charge in [0.1, 0.15) is 16.4 Å². The van der Waals surface area contributed by atoms with Crippen LogP contribution in [0.1, 0.15) is 18.2 Å². The standard InChI is InChI=1S/C20H15ClFN3O2S/c1-20(12-6-8-13(22)9-7-12)18(26)25(19(27)24-20)10-14-11-28-17(23-14)15-4-2-3-5-16(15)21/h2-9,11H,10H2,1H3,(H,24,27)/t20-/m0/s1. The first-order chi connectivity index (χ1) is 13.4. The molecule has 1 atom stereocenters. The lowest BCUT2D eigenvalue weighted by Gasteiger charge is -2.22. The van der Waals surface area contributed by atoms with Crippen molar-refractivity contribution < 1.29 is 14.0 Å². The van der Waals surface area contributed by atoms with E-state index in [-0.39, 0.29) is 6.54 Å². The van der Waals surface area contributed by atoms with Crippen LogP contribution in [0.3, 0.4) is 0 Å². The molecule has 0 spiro atoms. The Labute approximate surface area is 169 Å². The highest BCUT2D eigenvalue weighted by molar-refractivity contribution is 7.13. The van der Waals surface area contributed by atoms with Gasteiger partial charge in [-0.25, -0.2) is 14.2 Å². The van der Waals surface area contributed by atoms with Gasteiger partial charge in [-0.15, -0.1) is 11.3 Å². The highest BCUT2D eigenvalue weighted by atomic mass is 35.5. The molecule has 0 bridgehead atoms. The van der Waals surface area contributed by atoms with Crippen molar-refractivity contribution in [2.75, 3.05) is 0 Å². The maximum absolute atomic E-state index is 13.2. The molecule has 28 heavy (non-hydrogen) atoms. The molecule has 142 valence electrons. The second kappa shape index (κ2) is 7.00. The molecule has 4 rings (SSSR count). The molecule has 1 aliphatic heterocycles. The fourth-order valence-electron chi connectivity index (χ4n) is 3.12. The topological polar surface area (TPSA) is 62.3 Å². The molecule has 1 fully saturated rings. The number of nitrogens with one attached hydrogen (secondary N) is 1. The van der Waals surface area contributed by atoms with Gasteiger partial charge in [0.05, 0.1) is 17.3 Å². The number of hydrogen-bond acceptors (Lipinski definition) is 4. The fourth-order valence-corrected chi connectivity index (χ4v) is 4.25. The molecule has 2 heterocycles. The monoisotopic (exact) mass is 415 g/mol. The van der Waals surface area contributed by atoms with Crippen LogP contribution in [0.2, 0.25) is 5.02 Å². The van der Waals surface area contributed by atoms with Crippen molar-refractivity contribution in [2.24, 2.45) is 0 Å². The molecule has 1 saturated heterocycles. The van der Waals surface area contributed by atoms with Gasteiger partial charge in [-0.2, -0.15) is 0 Å². The number of halogens is 2. The van der Waals surface area contributed by atoms with Crippen LogP contribution < -0.4 is 5.32 Å². The van der Waals surface area contributed by atoms with E-state index in [1.165, 1.54) is 35.6 Å². The molecule has 3 aromatic rings. The molecule has 1 N–H and O–H groups in total. The van der Waals surface area contributed by atoms with E-state index < -0.39 is 23.3 Å². The molecule has 0 radical (unpaired) electrons. The Balaban J connectivity index is 1.58. The van der Waals surface area contributed by atoms with Gasteiger partial charge in [0.2, 0.25) is 0 Å². The van der Waals surface area contributed by atoms with Gasteiger partial charge >= 0.3 is 6.03 Å². The molecule has 5 nitrogen and oxygen atoms in total. The Morgan fingerprint density at radius 1 is 1.18 bits per heavy atom. The van der Waals surface area contributed by atoms with Crippen LogP contribution in [0.15, 0.2) is 53.9 Å². The van der Waals surface area contributed by atoms with Crippen molar-refractivity contribution in [3.63, 3.8) is 0 Å².